The lowest BCUT2D eigenvalue weighted by Crippen LogP contribution is -2.06. The highest BCUT2D eigenvalue weighted by Crippen LogP contribution is 2.30. The van der Waals surface area contributed by atoms with Gasteiger partial charge in [0, 0.05) is 46.4 Å². The van der Waals surface area contributed by atoms with E-state index in [0.717, 1.165) is 16.9 Å². The molecule has 0 atom stereocenters. The second-order valence-corrected chi connectivity index (χ2v) is 14.4. The van der Waals surface area contributed by atoms with E-state index < -0.39 is 20.2 Å². The molecule has 1 heterocycles. The quantitative estimate of drug-likeness (QED) is 0.0392. The van der Waals surface area contributed by atoms with Gasteiger partial charge in [-0.3, -0.25) is 9.11 Å². The summed E-state index contributed by atoms with van der Waals surface area (Å²) in [6.07, 6.45) is 4.59. The zero-order chi connectivity index (χ0) is 38.1. The molecule has 276 valence electrons. The minimum Gasteiger partial charge on any atom is -0.395 e. The third kappa shape index (κ3) is 10.4. The first-order chi connectivity index (χ1) is 25.9. The second kappa shape index (κ2) is 16.5. The fourth-order valence-corrected chi connectivity index (χ4v) is 6.41. The van der Waals surface area contributed by atoms with Crippen LogP contribution < -0.4 is 26.6 Å². The molecule has 15 nitrogen and oxygen atoms in total. The zero-order valence-corrected chi connectivity index (χ0v) is 29.9. The lowest BCUT2D eigenvalue weighted by Gasteiger charge is -2.15. The molecule has 0 saturated carbocycles. The highest BCUT2D eigenvalue weighted by molar-refractivity contribution is 7.86. The van der Waals surface area contributed by atoms with Crippen molar-refractivity contribution >= 4 is 84.1 Å². The van der Waals surface area contributed by atoms with Crippen molar-refractivity contribution in [3.05, 3.63) is 133 Å². The van der Waals surface area contributed by atoms with E-state index in [1.807, 2.05) is 60.7 Å². The van der Waals surface area contributed by atoms with E-state index in [4.69, 9.17) is 0 Å². The van der Waals surface area contributed by atoms with E-state index in [0.29, 0.717) is 35.0 Å². The molecule has 5 aromatic carbocycles. The standard InChI is InChI=1S/C37H34N8O7S2/c46-18-17-38-31-19-32(21-33(20-31)42-29-7-4-8-34(22-29)53(47,48)49)41-28-14-10-25(11-15-28)9-12-26-13-16-30(23-35(26)54(50,51)52)44-37-40-24-39-36(45-37)43-27-5-2-1-3-6-27/h1-16,19-24,38,41-42,46H,17-18H2,(H,47,48,49)(H,50,51,52)(H2,39,40,43,44,45). The molecule has 0 aliphatic rings. The molecule has 0 unspecified atom stereocenters. The van der Waals surface area contributed by atoms with Gasteiger partial charge in [-0.1, -0.05) is 54.6 Å². The summed E-state index contributed by atoms with van der Waals surface area (Å²) in [5, 5.41) is 24.9. The van der Waals surface area contributed by atoms with Gasteiger partial charge in [-0.2, -0.15) is 21.8 Å². The van der Waals surface area contributed by atoms with Crippen molar-refractivity contribution in [2.45, 2.75) is 9.79 Å². The van der Waals surface area contributed by atoms with Crippen LogP contribution in [-0.4, -0.2) is 59.2 Å². The van der Waals surface area contributed by atoms with Crippen LogP contribution in [0.1, 0.15) is 11.1 Å². The molecule has 17 heteroatoms. The minimum atomic E-state index is -4.61. The first-order valence-corrected chi connectivity index (χ1v) is 19.1. The number of benzene rings is 5. The molecule has 6 aromatic rings. The van der Waals surface area contributed by atoms with Crippen LogP contribution in [0.15, 0.2) is 131 Å². The topological polar surface area (TPSA) is 228 Å². The molecule has 0 aliphatic carbocycles. The van der Waals surface area contributed by atoms with Gasteiger partial charge in [0.05, 0.1) is 11.5 Å². The van der Waals surface area contributed by atoms with Crippen LogP contribution in [0.4, 0.5) is 51.7 Å². The number of aliphatic hydroxyl groups is 1. The SMILES string of the molecule is O=S(=O)(O)c1cccc(Nc2cc(NCCO)cc(Nc3ccc(C=Cc4ccc(Nc5ncnc(Nc6ccccc6)n5)cc4S(=O)(=O)O)cc3)c2)c1. The smallest absolute Gasteiger partial charge is 0.295 e. The number of nitrogens with zero attached hydrogens (tertiary/aromatic N) is 3. The maximum Gasteiger partial charge on any atom is 0.295 e. The van der Waals surface area contributed by atoms with Crippen molar-refractivity contribution in [2.24, 2.45) is 0 Å². The van der Waals surface area contributed by atoms with Crippen molar-refractivity contribution < 1.29 is 31.0 Å². The largest absolute Gasteiger partial charge is 0.395 e. The fourth-order valence-electron chi connectivity index (χ4n) is 5.18. The molecule has 8 N–H and O–H groups in total. The number of aromatic nitrogens is 3. The third-order valence-electron chi connectivity index (χ3n) is 7.60. The average molecular weight is 767 g/mol. The Morgan fingerprint density at radius 3 is 1.81 bits per heavy atom. The summed E-state index contributed by atoms with van der Waals surface area (Å²) in [5.74, 6) is 0.440. The zero-order valence-electron chi connectivity index (χ0n) is 28.2. The van der Waals surface area contributed by atoms with Gasteiger partial charge in [-0.05, 0) is 83.9 Å². The van der Waals surface area contributed by atoms with Gasteiger partial charge in [0.15, 0.2) is 0 Å². The van der Waals surface area contributed by atoms with Crippen molar-refractivity contribution in [2.75, 3.05) is 39.7 Å². The number of hydrogen-bond donors (Lipinski definition) is 8. The summed E-state index contributed by atoms with van der Waals surface area (Å²) in [6, 6.07) is 32.2. The number of aliphatic hydroxyl groups excluding tert-OH is 1. The van der Waals surface area contributed by atoms with Crippen molar-refractivity contribution in [1.29, 1.82) is 0 Å². The van der Waals surface area contributed by atoms with Crippen LogP contribution in [0.5, 0.6) is 0 Å². The van der Waals surface area contributed by atoms with Gasteiger partial charge in [0.2, 0.25) is 11.9 Å². The Bertz CT molecular complexity index is 2500. The molecule has 0 radical (unpaired) electrons. The van der Waals surface area contributed by atoms with E-state index >= 15 is 0 Å². The fraction of sp³-hybridized carbons (Fsp3) is 0.0541. The summed E-state index contributed by atoms with van der Waals surface area (Å²) < 4.78 is 67.5. The van der Waals surface area contributed by atoms with Gasteiger partial charge < -0.3 is 31.7 Å². The Balaban J connectivity index is 1.16. The maximum atomic E-state index is 12.4. The first-order valence-electron chi connectivity index (χ1n) is 16.2. The summed E-state index contributed by atoms with van der Waals surface area (Å²) in [6.45, 7) is 0.209. The van der Waals surface area contributed by atoms with E-state index in [2.05, 4.69) is 41.5 Å². The average Bonchev–Trinajstić information content (AvgIpc) is 3.14. The lowest BCUT2D eigenvalue weighted by molar-refractivity contribution is 0.311. The van der Waals surface area contributed by atoms with Gasteiger partial charge in [0.1, 0.15) is 11.2 Å². The molecule has 54 heavy (non-hydrogen) atoms. The number of anilines is 9. The number of rotatable bonds is 15. The van der Waals surface area contributed by atoms with Crippen LogP contribution in [0.25, 0.3) is 12.2 Å². The van der Waals surface area contributed by atoms with Crippen LogP contribution in [0.3, 0.4) is 0 Å². The van der Waals surface area contributed by atoms with Gasteiger partial charge in [-0.15, -0.1) is 0 Å². The third-order valence-corrected chi connectivity index (χ3v) is 9.36. The molecule has 0 amide bonds. The highest BCUT2D eigenvalue weighted by atomic mass is 32.2. The molecule has 0 bridgehead atoms. The van der Waals surface area contributed by atoms with Crippen LogP contribution in [0.2, 0.25) is 0 Å². The Morgan fingerprint density at radius 1 is 0.556 bits per heavy atom. The highest BCUT2D eigenvalue weighted by Gasteiger charge is 2.16. The number of hydrogen-bond acceptors (Lipinski definition) is 13. The molecular weight excluding hydrogens is 733 g/mol. The lowest BCUT2D eigenvalue weighted by atomic mass is 10.1. The molecule has 1 aromatic heterocycles. The monoisotopic (exact) mass is 766 g/mol. The predicted molar refractivity (Wildman–Crippen MR) is 209 cm³/mol. The summed E-state index contributed by atoms with van der Waals surface area (Å²) >= 11 is 0. The molecule has 0 aliphatic heterocycles. The van der Waals surface area contributed by atoms with Gasteiger partial charge in [-0.25, -0.2) is 9.97 Å². The predicted octanol–water partition coefficient (Wildman–Crippen LogP) is 6.91. The van der Waals surface area contributed by atoms with Crippen molar-refractivity contribution in [1.82, 2.24) is 15.0 Å². The Kier molecular flexibility index (Phi) is 11.4. The maximum absolute atomic E-state index is 12.4. The van der Waals surface area contributed by atoms with Crippen molar-refractivity contribution in [3.63, 3.8) is 0 Å². The Hall–Kier alpha value is -6.37. The minimum absolute atomic E-state index is 0.0899. The van der Waals surface area contributed by atoms with Crippen molar-refractivity contribution in [3.8, 4) is 0 Å². The van der Waals surface area contributed by atoms with Gasteiger partial charge in [0.25, 0.3) is 20.2 Å². The normalized spacial score (nSPS) is 11.6. The summed E-state index contributed by atoms with van der Waals surface area (Å²) in [5.41, 5.74) is 5.20. The summed E-state index contributed by atoms with van der Waals surface area (Å²) in [7, 11) is -9.00. The molecule has 0 spiro atoms. The van der Waals surface area contributed by atoms with E-state index in [9.17, 15) is 31.0 Å². The van der Waals surface area contributed by atoms with E-state index in [-0.39, 0.29) is 33.9 Å². The molecular formula is C37H34N8O7S2. The molecule has 6 rings (SSSR count). The summed E-state index contributed by atoms with van der Waals surface area (Å²) in [4.78, 5) is 12.0. The van der Waals surface area contributed by atoms with Gasteiger partial charge >= 0.3 is 0 Å². The number of para-hydroxylation sites is 1. The Morgan fingerprint density at radius 2 is 1.15 bits per heavy atom. The Labute approximate surface area is 311 Å². The van der Waals surface area contributed by atoms with Crippen LogP contribution in [-0.2, 0) is 20.2 Å². The molecule has 0 fully saturated rings. The van der Waals surface area contributed by atoms with Crippen LogP contribution >= 0.6 is 0 Å². The van der Waals surface area contributed by atoms with Crippen LogP contribution in [0, 0.1) is 0 Å². The van der Waals surface area contributed by atoms with E-state index in [1.54, 1.807) is 42.5 Å². The van der Waals surface area contributed by atoms with E-state index in [1.165, 1.54) is 30.6 Å². The number of nitrogens with one attached hydrogen (secondary N) is 5. The first kappa shape index (κ1) is 37.4. The second-order valence-electron chi connectivity index (χ2n) is 11.6. The molecule has 0 saturated heterocycles.